The molecule has 0 aliphatic rings. The average Bonchev–Trinajstić information content (AvgIpc) is 2.96. The van der Waals surface area contributed by atoms with Crippen LogP contribution in [0.3, 0.4) is 0 Å². The maximum atomic E-state index is 11.7. The third kappa shape index (κ3) is 2.43. The number of carbonyl (C=O) groups excluding carboxylic acids is 1. The van der Waals surface area contributed by atoms with Crippen molar-refractivity contribution < 1.29 is 14.6 Å². The fourth-order valence-corrected chi connectivity index (χ4v) is 2.08. The molecule has 0 aliphatic heterocycles. The zero-order valence-corrected chi connectivity index (χ0v) is 11.4. The second-order valence-corrected chi connectivity index (χ2v) is 4.43. The molecule has 6 nitrogen and oxygen atoms in total. The van der Waals surface area contributed by atoms with Crippen molar-refractivity contribution in [2.75, 3.05) is 6.61 Å². The molecule has 0 saturated carbocycles. The Morgan fingerprint density at radius 2 is 2.24 bits per heavy atom. The highest BCUT2D eigenvalue weighted by molar-refractivity contribution is 5.91. The first-order chi connectivity index (χ1) is 10.2. The average molecular weight is 283 g/mol. The summed E-state index contributed by atoms with van der Waals surface area (Å²) in [7, 11) is 0. The summed E-state index contributed by atoms with van der Waals surface area (Å²) in [4.78, 5) is 15.9. The molecule has 0 saturated heterocycles. The van der Waals surface area contributed by atoms with E-state index in [-0.39, 0.29) is 5.75 Å². The lowest BCUT2D eigenvalue weighted by atomic mass is 10.1. The molecule has 0 spiro atoms. The smallest absolute Gasteiger partial charge is 0.341 e. The van der Waals surface area contributed by atoms with Gasteiger partial charge in [0, 0.05) is 17.8 Å². The van der Waals surface area contributed by atoms with E-state index in [9.17, 15) is 9.90 Å². The zero-order valence-electron chi connectivity index (χ0n) is 11.4. The van der Waals surface area contributed by atoms with Gasteiger partial charge in [0.15, 0.2) is 5.82 Å². The first-order valence-electron chi connectivity index (χ1n) is 6.49. The third-order valence-corrected chi connectivity index (χ3v) is 3.04. The molecule has 2 aromatic heterocycles. The van der Waals surface area contributed by atoms with Gasteiger partial charge in [-0.15, -0.1) is 0 Å². The number of pyridine rings is 1. The lowest BCUT2D eigenvalue weighted by Crippen LogP contribution is -2.03. The highest BCUT2D eigenvalue weighted by Crippen LogP contribution is 2.24. The van der Waals surface area contributed by atoms with Gasteiger partial charge in [-0.3, -0.25) is 0 Å². The van der Waals surface area contributed by atoms with Gasteiger partial charge in [0.05, 0.1) is 18.4 Å². The van der Waals surface area contributed by atoms with E-state index in [0.29, 0.717) is 18.0 Å². The molecule has 1 N–H and O–H groups in total. The molecule has 3 aromatic rings. The molecule has 2 heterocycles. The van der Waals surface area contributed by atoms with Crippen LogP contribution < -0.4 is 0 Å². The Kier molecular flexibility index (Phi) is 3.27. The molecule has 106 valence electrons. The number of hydrogen-bond donors (Lipinski definition) is 1. The number of rotatable bonds is 3. The van der Waals surface area contributed by atoms with Gasteiger partial charge < -0.3 is 9.84 Å². The van der Waals surface area contributed by atoms with E-state index in [4.69, 9.17) is 4.74 Å². The maximum Gasteiger partial charge on any atom is 0.341 e. The van der Waals surface area contributed by atoms with Crippen LogP contribution >= 0.6 is 0 Å². The van der Waals surface area contributed by atoms with Gasteiger partial charge in [0.1, 0.15) is 5.75 Å². The van der Waals surface area contributed by atoms with Crippen LogP contribution in [0.15, 0.2) is 42.9 Å². The fraction of sp³-hybridized carbons (Fsp3) is 0.133. The third-order valence-electron chi connectivity index (χ3n) is 3.04. The number of ether oxygens (including phenoxy) is 1. The Morgan fingerprint density at radius 3 is 3.05 bits per heavy atom. The van der Waals surface area contributed by atoms with Crippen LogP contribution in [-0.4, -0.2) is 32.4 Å². The van der Waals surface area contributed by atoms with Gasteiger partial charge in [-0.25, -0.2) is 14.5 Å². The summed E-state index contributed by atoms with van der Waals surface area (Å²) < 4.78 is 6.43. The highest BCUT2D eigenvalue weighted by atomic mass is 16.5. The molecule has 0 fully saturated rings. The van der Waals surface area contributed by atoms with Gasteiger partial charge in [0.2, 0.25) is 0 Å². The van der Waals surface area contributed by atoms with E-state index in [0.717, 1.165) is 10.8 Å². The lowest BCUT2D eigenvalue weighted by Gasteiger charge is -2.05. The van der Waals surface area contributed by atoms with Crippen LogP contribution in [0.25, 0.3) is 16.6 Å². The fourth-order valence-electron chi connectivity index (χ4n) is 2.08. The number of aromatic nitrogens is 3. The van der Waals surface area contributed by atoms with Crippen molar-refractivity contribution in [1.29, 1.82) is 0 Å². The number of nitrogens with zero attached hydrogens (tertiary/aromatic N) is 3. The van der Waals surface area contributed by atoms with Crippen LogP contribution in [0.4, 0.5) is 0 Å². The first kappa shape index (κ1) is 13.1. The van der Waals surface area contributed by atoms with Crippen molar-refractivity contribution in [3.8, 4) is 11.6 Å². The van der Waals surface area contributed by atoms with Crippen LogP contribution in [0.2, 0.25) is 0 Å². The summed E-state index contributed by atoms with van der Waals surface area (Å²) in [6, 6.07) is 6.86. The van der Waals surface area contributed by atoms with Crippen molar-refractivity contribution in [3.05, 3.63) is 48.4 Å². The van der Waals surface area contributed by atoms with Crippen LogP contribution in [-0.2, 0) is 4.74 Å². The van der Waals surface area contributed by atoms with Gasteiger partial charge in [-0.2, -0.15) is 5.10 Å². The van der Waals surface area contributed by atoms with E-state index in [1.54, 1.807) is 37.5 Å². The molecule has 6 heteroatoms. The Bertz CT molecular complexity index is 811. The van der Waals surface area contributed by atoms with Crippen molar-refractivity contribution in [3.63, 3.8) is 0 Å². The number of esters is 1. The molecule has 3 rings (SSSR count). The number of phenols is 1. The molecule has 1 aromatic carbocycles. The van der Waals surface area contributed by atoms with Crippen LogP contribution in [0, 0.1) is 0 Å². The van der Waals surface area contributed by atoms with Crippen molar-refractivity contribution in [2.24, 2.45) is 0 Å². The SMILES string of the molecule is CCOC(=O)c1cnn(-c2nccc3ccc(O)cc23)c1. The summed E-state index contributed by atoms with van der Waals surface area (Å²) >= 11 is 0. The number of phenolic OH excluding ortho intramolecular Hbond substituents is 1. The molecule has 0 amide bonds. The van der Waals surface area contributed by atoms with Gasteiger partial charge in [-0.1, -0.05) is 6.07 Å². The molecule has 0 bridgehead atoms. The molecule has 21 heavy (non-hydrogen) atoms. The van der Waals surface area contributed by atoms with E-state index in [1.165, 1.54) is 10.9 Å². The van der Waals surface area contributed by atoms with Gasteiger partial charge in [-0.05, 0) is 30.5 Å². The minimum absolute atomic E-state index is 0.148. The second-order valence-electron chi connectivity index (χ2n) is 4.43. The highest BCUT2D eigenvalue weighted by Gasteiger charge is 2.12. The van der Waals surface area contributed by atoms with Crippen molar-refractivity contribution >= 4 is 16.7 Å². The lowest BCUT2D eigenvalue weighted by molar-refractivity contribution is 0.0526. The molecule has 0 aliphatic carbocycles. The maximum absolute atomic E-state index is 11.7. The normalized spacial score (nSPS) is 10.7. The van der Waals surface area contributed by atoms with Crippen LogP contribution in [0.5, 0.6) is 5.75 Å². The number of benzene rings is 1. The Hall–Kier alpha value is -2.89. The van der Waals surface area contributed by atoms with Gasteiger partial charge >= 0.3 is 5.97 Å². The molecule has 0 atom stereocenters. The predicted molar refractivity (Wildman–Crippen MR) is 76.5 cm³/mol. The minimum Gasteiger partial charge on any atom is -0.508 e. The largest absolute Gasteiger partial charge is 0.508 e. The molecular formula is C15H13N3O3. The Labute approximate surface area is 120 Å². The van der Waals surface area contributed by atoms with Crippen LogP contribution in [0.1, 0.15) is 17.3 Å². The summed E-state index contributed by atoms with van der Waals surface area (Å²) in [6.45, 7) is 2.06. The number of hydrogen-bond acceptors (Lipinski definition) is 5. The number of aromatic hydroxyl groups is 1. The summed E-state index contributed by atoms with van der Waals surface area (Å²) in [6.07, 6.45) is 4.64. The van der Waals surface area contributed by atoms with Gasteiger partial charge in [0.25, 0.3) is 0 Å². The summed E-state index contributed by atoms with van der Waals surface area (Å²) in [5.74, 6) is 0.264. The quantitative estimate of drug-likeness (QED) is 0.746. The standard InChI is InChI=1S/C15H13N3O3/c1-2-21-15(20)11-8-17-18(9-11)14-13-7-12(19)4-3-10(13)5-6-16-14/h3-9,19H,2H2,1H3. The Morgan fingerprint density at radius 1 is 1.38 bits per heavy atom. The number of fused-ring (bicyclic) bond motifs is 1. The van der Waals surface area contributed by atoms with E-state index < -0.39 is 5.97 Å². The van der Waals surface area contributed by atoms with E-state index >= 15 is 0 Å². The van der Waals surface area contributed by atoms with E-state index in [1.807, 2.05) is 6.07 Å². The summed E-state index contributed by atoms with van der Waals surface area (Å²) in [5.41, 5.74) is 0.357. The molecular weight excluding hydrogens is 270 g/mol. The minimum atomic E-state index is -0.424. The summed E-state index contributed by atoms with van der Waals surface area (Å²) in [5, 5.41) is 15.4. The zero-order chi connectivity index (χ0) is 14.8. The molecule has 0 unspecified atom stereocenters. The first-order valence-corrected chi connectivity index (χ1v) is 6.49. The van der Waals surface area contributed by atoms with Crippen molar-refractivity contribution in [1.82, 2.24) is 14.8 Å². The second kappa shape index (κ2) is 5.24. The molecule has 0 radical (unpaired) electrons. The van der Waals surface area contributed by atoms with E-state index in [2.05, 4.69) is 10.1 Å². The predicted octanol–water partition coefficient (Wildman–Crippen LogP) is 2.30. The number of carbonyl (C=O) groups is 1. The van der Waals surface area contributed by atoms with Crippen molar-refractivity contribution in [2.45, 2.75) is 6.92 Å². The Balaban J connectivity index is 2.08. The topological polar surface area (TPSA) is 77.2 Å². The monoisotopic (exact) mass is 283 g/mol.